The van der Waals surface area contributed by atoms with Gasteiger partial charge in [0.25, 0.3) is 0 Å². The fourth-order valence-electron chi connectivity index (χ4n) is 2.58. The Morgan fingerprint density at radius 2 is 2.26 bits per heavy atom. The molecule has 2 aromatic rings. The SMILES string of the molecule is Cc1cc(SCC(=O)Nc2sc3c(c2C#N)CCCC3)ncn1. The van der Waals surface area contributed by atoms with Gasteiger partial charge in [-0.2, -0.15) is 5.26 Å². The van der Waals surface area contributed by atoms with Gasteiger partial charge < -0.3 is 5.32 Å². The molecular formula is C16H16N4OS2. The maximum atomic E-state index is 12.2. The fraction of sp³-hybridized carbons (Fsp3) is 0.375. The first-order valence-corrected chi connectivity index (χ1v) is 9.23. The van der Waals surface area contributed by atoms with E-state index in [1.165, 1.54) is 23.0 Å². The number of hydrogen-bond acceptors (Lipinski definition) is 6. The van der Waals surface area contributed by atoms with Crippen LogP contribution >= 0.6 is 23.1 Å². The number of rotatable bonds is 4. The van der Waals surface area contributed by atoms with E-state index in [9.17, 15) is 10.1 Å². The number of aryl methyl sites for hydroxylation is 2. The standard InChI is InChI=1S/C16H16N4OS2/c1-10-6-15(19-9-18-10)22-8-14(21)20-16-12(7-17)11-4-2-3-5-13(11)23-16/h6,9H,2-5,8H2,1H3,(H,20,21). The Morgan fingerprint density at radius 3 is 3.04 bits per heavy atom. The van der Waals surface area contributed by atoms with Gasteiger partial charge in [-0.1, -0.05) is 11.8 Å². The van der Waals surface area contributed by atoms with Crippen molar-refractivity contribution in [3.8, 4) is 6.07 Å². The smallest absolute Gasteiger partial charge is 0.235 e. The summed E-state index contributed by atoms with van der Waals surface area (Å²) < 4.78 is 0. The van der Waals surface area contributed by atoms with Gasteiger partial charge in [-0.3, -0.25) is 4.79 Å². The van der Waals surface area contributed by atoms with Crippen molar-refractivity contribution in [2.24, 2.45) is 0 Å². The van der Waals surface area contributed by atoms with Crippen molar-refractivity contribution in [3.05, 3.63) is 34.1 Å². The minimum Gasteiger partial charge on any atom is -0.316 e. The van der Waals surface area contributed by atoms with Crippen LogP contribution in [0.25, 0.3) is 0 Å². The molecule has 23 heavy (non-hydrogen) atoms. The zero-order chi connectivity index (χ0) is 16.2. The number of nitriles is 1. The molecule has 0 saturated heterocycles. The average molecular weight is 344 g/mol. The van der Waals surface area contributed by atoms with Crippen LogP contribution in [0.3, 0.4) is 0 Å². The normalized spacial score (nSPS) is 13.2. The predicted molar refractivity (Wildman–Crippen MR) is 91.8 cm³/mol. The highest BCUT2D eigenvalue weighted by atomic mass is 32.2. The van der Waals surface area contributed by atoms with Gasteiger partial charge >= 0.3 is 0 Å². The van der Waals surface area contributed by atoms with Crippen LogP contribution in [0.15, 0.2) is 17.4 Å². The minimum absolute atomic E-state index is 0.110. The molecule has 1 aliphatic carbocycles. The van der Waals surface area contributed by atoms with Gasteiger partial charge in [0, 0.05) is 10.6 Å². The van der Waals surface area contributed by atoms with Crippen LogP contribution in [0.5, 0.6) is 0 Å². The summed E-state index contributed by atoms with van der Waals surface area (Å²) in [5, 5.41) is 13.8. The Bertz CT molecular complexity index is 779. The van der Waals surface area contributed by atoms with Crippen molar-refractivity contribution in [2.75, 3.05) is 11.1 Å². The van der Waals surface area contributed by atoms with Crippen LogP contribution in [-0.4, -0.2) is 21.6 Å². The topological polar surface area (TPSA) is 78.7 Å². The highest BCUT2D eigenvalue weighted by Crippen LogP contribution is 2.37. The monoisotopic (exact) mass is 344 g/mol. The summed E-state index contributed by atoms with van der Waals surface area (Å²) in [6, 6.07) is 4.11. The van der Waals surface area contributed by atoms with Crippen LogP contribution in [0.2, 0.25) is 0 Å². The van der Waals surface area contributed by atoms with Gasteiger partial charge in [-0.05, 0) is 44.2 Å². The molecule has 3 rings (SSSR count). The Hall–Kier alpha value is -1.91. The second kappa shape index (κ2) is 7.11. The first-order valence-electron chi connectivity index (χ1n) is 7.43. The van der Waals surface area contributed by atoms with Crippen molar-refractivity contribution in [1.29, 1.82) is 5.26 Å². The first kappa shape index (κ1) is 16.0. The Morgan fingerprint density at radius 1 is 1.43 bits per heavy atom. The molecule has 0 fully saturated rings. The van der Waals surface area contributed by atoms with Crippen LogP contribution < -0.4 is 5.32 Å². The van der Waals surface area contributed by atoms with Gasteiger partial charge in [-0.15, -0.1) is 11.3 Å². The number of amides is 1. The molecule has 2 heterocycles. The van der Waals surface area contributed by atoms with E-state index in [1.54, 1.807) is 11.3 Å². The average Bonchev–Trinajstić information content (AvgIpc) is 2.90. The molecule has 0 spiro atoms. The number of nitrogens with zero attached hydrogens (tertiary/aromatic N) is 3. The molecule has 2 aromatic heterocycles. The van der Waals surface area contributed by atoms with Gasteiger partial charge in [0.1, 0.15) is 22.4 Å². The second-order valence-corrected chi connectivity index (χ2v) is 7.46. The zero-order valence-electron chi connectivity index (χ0n) is 12.8. The van der Waals surface area contributed by atoms with E-state index in [2.05, 4.69) is 21.4 Å². The van der Waals surface area contributed by atoms with Gasteiger partial charge in [-0.25, -0.2) is 9.97 Å². The molecule has 5 nitrogen and oxygen atoms in total. The van der Waals surface area contributed by atoms with E-state index in [0.717, 1.165) is 42.0 Å². The maximum Gasteiger partial charge on any atom is 0.235 e. The molecule has 0 aromatic carbocycles. The molecule has 0 bridgehead atoms. The Labute approximate surface area is 143 Å². The number of hydrogen-bond donors (Lipinski definition) is 1. The molecule has 0 radical (unpaired) electrons. The summed E-state index contributed by atoms with van der Waals surface area (Å²) in [5.74, 6) is 0.158. The zero-order valence-corrected chi connectivity index (χ0v) is 14.4. The molecule has 1 aliphatic rings. The van der Waals surface area contributed by atoms with Crippen molar-refractivity contribution >= 4 is 34.0 Å². The lowest BCUT2D eigenvalue weighted by Gasteiger charge is -2.09. The molecule has 0 aliphatic heterocycles. The van der Waals surface area contributed by atoms with Crippen molar-refractivity contribution in [2.45, 2.75) is 37.6 Å². The molecule has 1 amide bonds. The molecule has 118 valence electrons. The molecule has 1 N–H and O–H groups in total. The largest absolute Gasteiger partial charge is 0.316 e. The van der Waals surface area contributed by atoms with Crippen LogP contribution in [0.1, 0.15) is 34.5 Å². The van der Waals surface area contributed by atoms with E-state index >= 15 is 0 Å². The van der Waals surface area contributed by atoms with E-state index in [4.69, 9.17) is 0 Å². The second-order valence-electron chi connectivity index (χ2n) is 5.36. The number of thiophene rings is 1. The predicted octanol–water partition coefficient (Wildman–Crippen LogP) is 3.33. The highest BCUT2D eigenvalue weighted by molar-refractivity contribution is 7.99. The third-order valence-electron chi connectivity index (χ3n) is 3.67. The summed E-state index contributed by atoms with van der Waals surface area (Å²) in [6.45, 7) is 1.89. The number of anilines is 1. The summed E-state index contributed by atoms with van der Waals surface area (Å²) in [5.41, 5.74) is 2.67. The Kier molecular flexibility index (Phi) is 4.94. The molecular weight excluding hydrogens is 328 g/mol. The minimum atomic E-state index is -0.110. The first-order chi connectivity index (χ1) is 11.2. The number of aromatic nitrogens is 2. The summed E-state index contributed by atoms with van der Waals surface area (Å²) in [4.78, 5) is 21.6. The summed E-state index contributed by atoms with van der Waals surface area (Å²) in [6.07, 6.45) is 5.74. The number of carbonyl (C=O) groups excluding carboxylic acids is 1. The summed E-state index contributed by atoms with van der Waals surface area (Å²) >= 11 is 2.92. The molecule has 0 saturated carbocycles. The van der Waals surface area contributed by atoms with Gasteiger partial charge in [0.15, 0.2) is 0 Å². The van der Waals surface area contributed by atoms with Crippen molar-refractivity contribution < 1.29 is 4.79 Å². The Balaban J connectivity index is 1.66. The van der Waals surface area contributed by atoms with Gasteiger partial charge in [0.05, 0.1) is 11.3 Å². The highest BCUT2D eigenvalue weighted by Gasteiger charge is 2.21. The lowest BCUT2D eigenvalue weighted by Crippen LogP contribution is -2.14. The maximum absolute atomic E-state index is 12.2. The van der Waals surface area contributed by atoms with Crippen LogP contribution in [0.4, 0.5) is 5.00 Å². The van der Waals surface area contributed by atoms with E-state index < -0.39 is 0 Å². The molecule has 0 unspecified atom stereocenters. The fourth-order valence-corrected chi connectivity index (χ4v) is 4.57. The van der Waals surface area contributed by atoms with Crippen LogP contribution in [-0.2, 0) is 17.6 Å². The van der Waals surface area contributed by atoms with E-state index in [0.29, 0.717) is 10.6 Å². The van der Waals surface area contributed by atoms with E-state index in [1.807, 2.05) is 13.0 Å². The third-order valence-corrected chi connectivity index (χ3v) is 5.80. The number of carbonyl (C=O) groups is 1. The number of thioether (sulfide) groups is 1. The van der Waals surface area contributed by atoms with Crippen molar-refractivity contribution in [1.82, 2.24) is 9.97 Å². The van der Waals surface area contributed by atoms with Crippen molar-refractivity contribution in [3.63, 3.8) is 0 Å². The number of fused-ring (bicyclic) bond motifs is 1. The summed E-state index contributed by atoms with van der Waals surface area (Å²) in [7, 11) is 0. The van der Waals surface area contributed by atoms with Gasteiger partial charge in [0.2, 0.25) is 5.91 Å². The van der Waals surface area contributed by atoms with Crippen LogP contribution in [0, 0.1) is 18.3 Å². The van der Waals surface area contributed by atoms with E-state index in [-0.39, 0.29) is 11.7 Å². The number of nitrogens with one attached hydrogen (secondary N) is 1. The quantitative estimate of drug-likeness (QED) is 0.680. The molecule has 7 heteroatoms. The lowest BCUT2D eigenvalue weighted by atomic mass is 9.96. The third kappa shape index (κ3) is 3.71. The molecule has 0 atom stereocenters. The lowest BCUT2D eigenvalue weighted by molar-refractivity contribution is -0.113.